The third-order valence-electron chi connectivity index (χ3n) is 8.41. The van der Waals surface area contributed by atoms with E-state index in [1.54, 1.807) is 0 Å². The van der Waals surface area contributed by atoms with Gasteiger partial charge in [0.25, 0.3) is 0 Å². The number of piperazine rings is 1. The molecule has 0 bridgehead atoms. The Hall–Kier alpha value is -2.32. The zero-order valence-corrected chi connectivity index (χ0v) is 20.7. The highest BCUT2D eigenvalue weighted by molar-refractivity contribution is 6.01. The number of nitrogens with zero attached hydrogens (tertiary/aromatic N) is 7. The van der Waals surface area contributed by atoms with Gasteiger partial charge >= 0.3 is 0 Å². The van der Waals surface area contributed by atoms with E-state index in [2.05, 4.69) is 44.3 Å². The first-order valence-electron chi connectivity index (χ1n) is 13.4. The van der Waals surface area contributed by atoms with E-state index in [-0.39, 0.29) is 6.04 Å². The van der Waals surface area contributed by atoms with Crippen LogP contribution in [0.5, 0.6) is 0 Å². The molecule has 2 aliphatic carbocycles. The van der Waals surface area contributed by atoms with Gasteiger partial charge in [-0.1, -0.05) is 18.1 Å². The molecule has 2 aromatic heterocycles. The minimum Gasteiger partial charge on any atom is -0.351 e. The number of benzene rings is 1. The predicted molar refractivity (Wildman–Crippen MR) is 136 cm³/mol. The highest BCUT2D eigenvalue weighted by atomic mass is 15.4. The average Bonchev–Trinajstić information content (AvgIpc) is 3.55. The first-order valence-corrected chi connectivity index (χ1v) is 13.4. The zero-order chi connectivity index (χ0) is 23.1. The van der Waals surface area contributed by atoms with Crippen LogP contribution in [0.1, 0.15) is 71.3 Å². The lowest BCUT2D eigenvalue weighted by molar-refractivity contribution is 0.0567. The van der Waals surface area contributed by atoms with Crippen molar-refractivity contribution in [2.24, 2.45) is 0 Å². The standard InChI is InChI=1S/C26H38N8/c1-18(2)34-25-23(30-31-34)12-7-19-17-27-26(29-24(19)25)28-20-8-10-22(11-9-20)33-15-13-32(14-16-33)21-5-3-4-6-21/h7,12,17-18,20-22H,3-6,8-11,13-16H2,1-2H3,(H,27,28,29). The highest BCUT2D eigenvalue weighted by Gasteiger charge is 2.31. The molecule has 8 heteroatoms. The number of nitrogens with one attached hydrogen (secondary N) is 1. The maximum atomic E-state index is 4.93. The number of hydrogen-bond acceptors (Lipinski definition) is 7. The van der Waals surface area contributed by atoms with Crippen LogP contribution in [-0.4, -0.2) is 79.1 Å². The molecule has 0 unspecified atom stereocenters. The Balaban J connectivity index is 1.08. The van der Waals surface area contributed by atoms with Crippen molar-refractivity contribution in [2.75, 3.05) is 31.5 Å². The van der Waals surface area contributed by atoms with Crippen LogP contribution in [0.15, 0.2) is 18.3 Å². The molecular formula is C26H38N8. The minimum atomic E-state index is 0.234. The number of aromatic nitrogens is 5. The Kier molecular flexibility index (Phi) is 6.11. The van der Waals surface area contributed by atoms with Crippen LogP contribution in [0, 0.1) is 0 Å². The molecule has 8 nitrogen and oxygen atoms in total. The van der Waals surface area contributed by atoms with Crippen LogP contribution in [-0.2, 0) is 0 Å². The molecule has 0 spiro atoms. The fourth-order valence-corrected chi connectivity index (χ4v) is 6.46. The second kappa shape index (κ2) is 9.38. The molecule has 3 aliphatic rings. The third-order valence-corrected chi connectivity index (χ3v) is 8.41. The van der Waals surface area contributed by atoms with Crippen molar-refractivity contribution in [1.29, 1.82) is 0 Å². The molecule has 0 radical (unpaired) electrons. The minimum absolute atomic E-state index is 0.234. The summed E-state index contributed by atoms with van der Waals surface area (Å²) in [5.41, 5.74) is 2.82. The van der Waals surface area contributed by atoms with E-state index in [9.17, 15) is 0 Å². The van der Waals surface area contributed by atoms with E-state index in [1.807, 2.05) is 23.0 Å². The molecule has 0 amide bonds. The maximum absolute atomic E-state index is 4.93. The van der Waals surface area contributed by atoms with E-state index in [0.29, 0.717) is 6.04 Å². The quantitative estimate of drug-likeness (QED) is 0.608. The van der Waals surface area contributed by atoms with E-state index < -0.39 is 0 Å². The smallest absolute Gasteiger partial charge is 0.223 e. The molecule has 182 valence electrons. The normalized spacial score (nSPS) is 25.6. The van der Waals surface area contributed by atoms with Gasteiger partial charge in [0.15, 0.2) is 0 Å². The Morgan fingerprint density at radius 1 is 0.882 bits per heavy atom. The fraction of sp³-hybridized carbons (Fsp3) is 0.692. The molecule has 6 rings (SSSR count). The summed E-state index contributed by atoms with van der Waals surface area (Å²) in [4.78, 5) is 15.1. The molecule has 3 fully saturated rings. The van der Waals surface area contributed by atoms with Crippen molar-refractivity contribution < 1.29 is 0 Å². The van der Waals surface area contributed by atoms with Gasteiger partial charge in [0, 0.05) is 61.9 Å². The first kappa shape index (κ1) is 22.2. The molecule has 0 atom stereocenters. The van der Waals surface area contributed by atoms with Crippen LogP contribution in [0.2, 0.25) is 0 Å². The summed E-state index contributed by atoms with van der Waals surface area (Å²) in [5, 5.41) is 13.4. The Morgan fingerprint density at radius 2 is 1.56 bits per heavy atom. The summed E-state index contributed by atoms with van der Waals surface area (Å²) in [6.07, 6.45) is 12.6. The van der Waals surface area contributed by atoms with Crippen molar-refractivity contribution in [3.05, 3.63) is 18.3 Å². The van der Waals surface area contributed by atoms with Gasteiger partial charge in [0.2, 0.25) is 5.95 Å². The van der Waals surface area contributed by atoms with Crippen LogP contribution in [0.3, 0.4) is 0 Å². The summed E-state index contributed by atoms with van der Waals surface area (Å²) in [7, 11) is 0. The van der Waals surface area contributed by atoms with E-state index >= 15 is 0 Å². The molecule has 1 aromatic carbocycles. The van der Waals surface area contributed by atoms with E-state index in [4.69, 9.17) is 4.98 Å². The summed E-state index contributed by atoms with van der Waals surface area (Å²) < 4.78 is 1.96. The number of hydrogen-bond donors (Lipinski definition) is 1. The molecule has 2 saturated carbocycles. The van der Waals surface area contributed by atoms with Gasteiger partial charge in [0.1, 0.15) is 16.6 Å². The van der Waals surface area contributed by atoms with E-state index in [0.717, 1.165) is 40.0 Å². The fourth-order valence-electron chi connectivity index (χ4n) is 6.46. The topological polar surface area (TPSA) is 75.0 Å². The summed E-state index contributed by atoms with van der Waals surface area (Å²) in [6, 6.07) is 6.35. The van der Waals surface area contributed by atoms with Gasteiger partial charge in [-0.3, -0.25) is 9.80 Å². The molecule has 1 N–H and O–H groups in total. The van der Waals surface area contributed by atoms with Crippen LogP contribution in [0.4, 0.5) is 5.95 Å². The molecular weight excluding hydrogens is 424 g/mol. The molecule has 3 heterocycles. The molecule has 3 aromatic rings. The Labute approximate surface area is 202 Å². The number of rotatable bonds is 5. The summed E-state index contributed by atoms with van der Waals surface area (Å²) in [5.74, 6) is 0.727. The first-order chi connectivity index (χ1) is 16.7. The van der Waals surface area contributed by atoms with Crippen molar-refractivity contribution in [3.8, 4) is 0 Å². The van der Waals surface area contributed by atoms with Crippen LogP contribution >= 0.6 is 0 Å². The lowest BCUT2D eigenvalue weighted by atomic mass is 9.90. The lowest BCUT2D eigenvalue weighted by Crippen LogP contribution is -2.53. The van der Waals surface area contributed by atoms with Gasteiger partial charge in [-0.2, -0.15) is 0 Å². The maximum Gasteiger partial charge on any atom is 0.223 e. The van der Waals surface area contributed by atoms with Gasteiger partial charge in [-0.05, 0) is 64.5 Å². The van der Waals surface area contributed by atoms with Crippen molar-refractivity contribution in [3.63, 3.8) is 0 Å². The SMILES string of the molecule is CC(C)n1nnc2ccc3cnc(NC4CCC(N5CCN(C6CCCC6)CC5)CC4)nc3c21. The van der Waals surface area contributed by atoms with Gasteiger partial charge in [-0.25, -0.2) is 14.6 Å². The second-order valence-corrected chi connectivity index (χ2v) is 10.9. The Bertz CT molecular complexity index is 1120. The van der Waals surface area contributed by atoms with Crippen LogP contribution in [0.25, 0.3) is 21.9 Å². The lowest BCUT2D eigenvalue weighted by Gasteiger charge is -2.43. The van der Waals surface area contributed by atoms with Gasteiger partial charge in [-0.15, -0.1) is 5.10 Å². The second-order valence-electron chi connectivity index (χ2n) is 10.9. The monoisotopic (exact) mass is 462 g/mol. The molecule has 34 heavy (non-hydrogen) atoms. The largest absolute Gasteiger partial charge is 0.351 e. The Morgan fingerprint density at radius 3 is 2.24 bits per heavy atom. The number of fused-ring (bicyclic) bond motifs is 3. The van der Waals surface area contributed by atoms with Crippen LogP contribution < -0.4 is 5.32 Å². The predicted octanol–water partition coefficient (Wildman–Crippen LogP) is 4.24. The molecule has 1 saturated heterocycles. The molecule has 1 aliphatic heterocycles. The number of anilines is 1. The van der Waals surface area contributed by atoms with E-state index in [1.165, 1.54) is 77.5 Å². The zero-order valence-electron chi connectivity index (χ0n) is 20.7. The summed E-state index contributed by atoms with van der Waals surface area (Å²) in [6.45, 7) is 9.29. The van der Waals surface area contributed by atoms with Crippen molar-refractivity contribution in [1.82, 2.24) is 34.8 Å². The van der Waals surface area contributed by atoms with Crippen molar-refractivity contribution >= 4 is 27.9 Å². The highest BCUT2D eigenvalue weighted by Crippen LogP contribution is 2.29. The van der Waals surface area contributed by atoms with Gasteiger partial charge in [0.05, 0.1) is 0 Å². The van der Waals surface area contributed by atoms with Gasteiger partial charge < -0.3 is 5.32 Å². The van der Waals surface area contributed by atoms with Crippen molar-refractivity contribution in [2.45, 2.75) is 89.4 Å². The average molecular weight is 463 g/mol. The third kappa shape index (κ3) is 4.26. The summed E-state index contributed by atoms with van der Waals surface area (Å²) >= 11 is 0.